The van der Waals surface area contributed by atoms with Crippen LogP contribution in [0.3, 0.4) is 0 Å². The van der Waals surface area contributed by atoms with E-state index in [1.807, 2.05) is 18.2 Å². The molecule has 0 radical (unpaired) electrons. The van der Waals surface area contributed by atoms with Crippen LogP contribution in [0.25, 0.3) is 0 Å². The lowest BCUT2D eigenvalue weighted by molar-refractivity contribution is -0.116. The van der Waals surface area contributed by atoms with Gasteiger partial charge in [-0.1, -0.05) is 41.7 Å². The van der Waals surface area contributed by atoms with Gasteiger partial charge < -0.3 is 15.0 Å². The van der Waals surface area contributed by atoms with E-state index in [1.54, 1.807) is 47.2 Å². The molecular formula is C22H19N5O4S. The molecule has 0 spiro atoms. The molecule has 1 atom stereocenters. The highest BCUT2D eigenvalue weighted by atomic mass is 32.1. The summed E-state index contributed by atoms with van der Waals surface area (Å²) in [6.45, 7) is 0.464. The Bertz CT molecular complexity index is 1230. The second kappa shape index (κ2) is 8.13. The first-order chi connectivity index (χ1) is 15.6. The maximum Gasteiger partial charge on any atom is 0.260 e. The van der Waals surface area contributed by atoms with Gasteiger partial charge in [-0.3, -0.25) is 19.3 Å². The Morgan fingerprint density at radius 2 is 1.81 bits per heavy atom. The Hall–Kier alpha value is -3.63. The SMILES string of the molecule is COCc1nnc(NC(=O)CCN2C(=O)c3ccccc3N3C(=O)c4ccccc4[C@H]23)s1. The van der Waals surface area contributed by atoms with E-state index in [1.165, 1.54) is 11.3 Å². The lowest BCUT2D eigenvalue weighted by Gasteiger charge is -2.40. The van der Waals surface area contributed by atoms with Crippen LogP contribution in [0.2, 0.25) is 0 Å². The number of nitrogens with one attached hydrogen (secondary N) is 1. The first-order valence-electron chi connectivity index (χ1n) is 10.0. The molecule has 2 aliphatic rings. The van der Waals surface area contributed by atoms with Gasteiger partial charge in [0.15, 0.2) is 0 Å². The number of carbonyl (C=O) groups is 3. The quantitative estimate of drug-likeness (QED) is 0.621. The number of benzene rings is 2. The number of anilines is 2. The third-order valence-electron chi connectivity index (χ3n) is 5.44. The van der Waals surface area contributed by atoms with Crippen molar-refractivity contribution in [2.45, 2.75) is 19.2 Å². The summed E-state index contributed by atoms with van der Waals surface area (Å²) in [6.07, 6.45) is -0.530. The van der Waals surface area contributed by atoms with Gasteiger partial charge in [-0.15, -0.1) is 10.2 Å². The van der Waals surface area contributed by atoms with E-state index in [-0.39, 0.29) is 30.7 Å². The number of nitrogens with zero attached hydrogens (tertiary/aromatic N) is 4. The molecule has 2 aliphatic heterocycles. The molecular weight excluding hydrogens is 430 g/mol. The zero-order valence-corrected chi connectivity index (χ0v) is 18.0. The molecule has 2 aromatic carbocycles. The molecule has 3 heterocycles. The van der Waals surface area contributed by atoms with Crippen molar-refractivity contribution >= 4 is 39.9 Å². The standard InChI is InChI=1S/C22H19N5O4S/c1-31-12-18-24-25-22(32-18)23-17(28)10-11-26-19-13-6-2-3-7-14(13)21(30)27(19)16-9-5-4-8-15(16)20(26)29/h2-9,19H,10-12H2,1H3,(H,23,25,28)/t19-/m1/s1. The number of amides is 3. The molecule has 0 fully saturated rings. The molecule has 5 rings (SSSR count). The zero-order chi connectivity index (χ0) is 22.2. The topological polar surface area (TPSA) is 105 Å². The number of methoxy groups -OCH3 is 1. The number of rotatable bonds is 6. The molecule has 162 valence electrons. The highest BCUT2D eigenvalue weighted by Crippen LogP contribution is 2.45. The summed E-state index contributed by atoms with van der Waals surface area (Å²) in [5.74, 6) is -0.655. The van der Waals surface area contributed by atoms with Crippen LogP contribution in [-0.2, 0) is 16.1 Å². The normalized spacial score (nSPS) is 16.6. The van der Waals surface area contributed by atoms with Crippen LogP contribution < -0.4 is 10.2 Å². The van der Waals surface area contributed by atoms with Gasteiger partial charge in [-0.25, -0.2) is 0 Å². The number of aromatic nitrogens is 2. The molecule has 0 saturated carbocycles. The molecule has 9 nitrogen and oxygen atoms in total. The maximum absolute atomic E-state index is 13.3. The van der Waals surface area contributed by atoms with Crippen molar-refractivity contribution in [2.24, 2.45) is 0 Å². The van der Waals surface area contributed by atoms with E-state index < -0.39 is 6.17 Å². The molecule has 1 N–H and O–H groups in total. The van der Waals surface area contributed by atoms with E-state index >= 15 is 0 Å². The lowest BCUT2D eigenvalue weighted by Crippen LogP contribution is -2.48. The van der Waals surface area contributed by atoms with Crippen LogP contribution >= 0.6 is 11.3 Å². The molecule has 3 amide bonds. The number of fused-ring (bicyclic) bond motifs is 5. The molecule has 0 unspecified atom stereocenters. The zero-order valence-electron chi connectivity index (χ0n) is 17.1. The number of hydrogen-bond acceptors (Lipinski definition) is 7. The molecule has 0 saturated heterocycles. The van der Waals surface area contributed by atoms with Crippen LogP contribution in [-0.4, -0.2) is 46.5 Å². The average molecular weight is 449 g/mol. The lowest BCUT2D eigenvalue weighted by atomic mass is 10.0. The Kier molecular flexibility index (Phi) is 5.16. The van der Waals surface area contributed by atoms with Gasteiger partial charge in [0.05, 0.1) is 11.3 Å². The summed E-state index contributed by atoms with van der Waals surface area (Å²) in [5, 5.41) is 11.6. The number of ether oxygens (including phenoxy) is 1. The van der Waals surface area contributed by atoms with Crippen molar-refractivity contribution in [3.05, 3.63) is 70.2 Å². The summed E-state index contributed by atoms with van der Waals surface area (Å²) in [6, 6.07) is 14.3. The Morgan fingerprint density at radius 3 is 2.62 bits per heavy atom. The Labute approximate surface area is 187 Å². The summed E-state index contributed by atoms with van der Waals surface area (Å²) < 4.78 is 5.01. The molecule has 0 aliphatic carbocycles. The maximum atomic E-state index is 13.3. The van der Waals surface area contributed by atoms with Crippen LogP contribution in [0.15, 0.2) is 48.5 Å². The van der Waals surface area contributed by atoms with Gasteiger partial charge in [0, 0.05) is 31.2 Å². The van der Waals surface area contributed by atoms with Crippen molar-refractivity contribution in [2.75, 3.05) is 23.9 Å². The van der Waals surface area contributed by atoms with Crippen LogP contribution in [0, 0.1) is 0 Å². The molecule has 32 heavy (non-hydrogen) atoms. The third kappa shape index (κ3) is 3.33. The van der Waals surface area contributed by atoms with Crippen molar-refractivity contribution in [3.8, 4) is 0 Å². The van der Waals surface area contributed by atoms with Crippen LogP contribution in [0.5, 0.6) is 0 Å². The van der Waals surface area contributed by atoms with Gasteiger partial charge >= 0.3 is 0 Å². The smallest absolute Gasteiger partial charge is 0.260 e. The van der Waals surface area contributed by atoms with Gasteiger partial charge in [0.1, 0.15) is 17.8 Å². The largest absolute Gasteiger partial charge is 0.377 e. The average Bonchev–Trinajstić information content (AvgIpc) is 3.36. The minimum Gasteiger partial charge on any atom is -0.377 e. The molecule has 10 heteroatoms. The first-order valence-corrected chi connectivity index (χ1v) is 10.8. The summed E-state index contributed by atoms with van der Waals surface area (Å²) in [4.78, 5) is 42.3. The van der Waals surface area contributed by atoms with Crippen molar-refractivity contribution < 1.29 is 19.1 Å². The van der Waals surface area contributed by atoms with Gasteiger partial charge in [-0.2, -0.15) is 0 Å². The van der Waals surface area contributed by atoms with Crippen molar-refractivity contribution in [1.29, 1.82) is 0 Å². The van der Waals surface area contributed by atoms with Crippen molar-refractivity contribution in [3.63, 3.8) is 0 Å². The summed E-state index contributed by atoms with van der Waals surface area (Å²) in [5.41, 5.74) is 2.35. The molecule has 0 bridgehead atoms. The van der Waals surface area contributed by atoms with E-state index in [9.17, 15) is 14.4 Å². The summed E-state index contributed by atoms with van der Waals surface area (Å²) >= 11 is 1.23. The fourth-order valence-corrected chi connectivity index (χ4v) is 4.82. The summed E-state index contributed by atoms with van der Waals surface area (Å²) in [7, 11) is 1.56. The second-order valence-electron chi connectivity index (χ2n) is 7.38. The highest BCUT2D eigenvalue weighted by Gasteiger charge is 2.47. The van der Waals surface area contributed by atoms with Crippen LogP contribution in [0.4, 0.5) is 10.8 Å². The minimum atomic E-state index is -0.580. The van der Waals surface area contributed by atoms with Crippen LogP contribution in [0.1, 0.15) is 43.9 Å². The fourth-order valence-electron chi connectivity index (χ4n) is 4.09. The predicted molar refractivity (Wildman–Crippen MR) is 117 cm³/mol. The number of carbonyl (C=O) groups excluding carboxylic acids is 3. The van der Waals surface area contributed by atoms with Gasteiger partial charge in [0.2, 0.25) is 11.0 Å². The van der Waals surface area contributed by atoms with E-state index in [0.29, 0.717) is 33.6 Å². The Balaban J connectivity index is 1.40. The molecule has 1 aromatic heterocycles. The number of para-hydroxylation sites is 1. The van der Waals surface area contributed by atoms with Gasteiger partial charge in [-0.05, 0) is 18.2 Å². The van der Waals surface area contributed by atoms with Gasteiger partial charge in [0.25, 0.3) is 11.8 Å². The third-order valence-corrected chi connectivity index (χ3v) is 6.26. The monoisotopic (exact) mass is 449 g/mol. The van der Waals surface area contributed by atoms with E-state index in [2.05, 4.69) is 15.5 Å². The predicted octanol–water partition coefficient (Wildman–Crippen LogP) is 2.83. The first kappa shape index (κ1) is 20.3. The van der Waals surface area contributed by atoms with Crippen molar-refractivity contribution in [1.82, 2.24) is 15.1 Å². The number of hydrogen-bond donors (Lipinski definition) is 1. The fraction of sp³-hybridized carbons (Fsp3) is 0.227. The molecule has 3 aromatic rings. The minimum absolute atomic E-state index is 0.0494. The highest BCUT2D eigenvalue weighted by molar-refractivity contribution is 7.15. The Morgan fingerprint density at radius 1 is 1.06 bits per heavy atom. The second-order valence-corrected chi connectivity index (χ2v) is 8.45. The van der Waals surface area contributed by atoms with E-state index in [0.717, 1.165) is 5.56 Å². The van der Waals surface area contributed by atoms with E-state index in [4.69, 9.17) is 4.74 Å².